The van der Waals surface area contributed by atoms with E-state index in [0.29, 0.717) is 23.0 Å². The monoisotopic (exact) mass is 338 g/mol. The molecule has 2 heterocycles. The molecule has 0 saturated carbocycles. The standard InChI is InChI=1S/C16H11FN6O2/c17-9-1-3-10(4-2-9)18-13-14(19-11-5-7-12(24)8-6-11)21-16-15(20-13)22-25-23-16/h1-8,24H,(H,18,20,22)(H,19,21,23). The Hall–Kier alpha value is -3.75. The second-order valence-corrected chi connectivity index (χ2v) is 5.14. The van der Waals surface area contributed by atoms with Gasteiger partial charge >= 0.3 is 0 Å². The second kappa shape index (κ2) is 6.04. The average molecular weight is 338 g/mol. The van der Waals surface area contributed by atoms with E-state index in [4.69, 9.17) is 0 Å². The van der Waals surface area contributed by atoms with Gasteiger partial charge in [-0.3, -0.25) is 0 Å². The highest BCUT2D eigenvalue weighted by atomic mass is 19.1. The predicted octanol–water partition coefficient (Wildman–Crippen LogP) is 3.34. The Morgan fingerprint density at radius 3 is 1.76 bits per heavy atom. The maximum Gasteiger partial charge on any atom is 0.245 e. The van der Waals surface area contributed by atoms with Gasteiger partial charge in [-0.2, -0.15) is 0 Å². The first kappa shape index (κ1) is 14.8. The van der Waals surface area contributed by atoms with Crippen LogP contribution in [0.2, 0.25) is 0 Å². The van der Waals surface area contributed by atoms with Crippen LogP contribution >= 0.6 is 0 Å². The van der Waals surface area contributed by atoms with Crippen LogP contribution in [-0.4, -0.2) is 25.4 Å². The number of hydrogen-bond donors (Lipinski definition) is 3. The van der Waals surface area contributed by atoms with Crippen molar-refractivity contribution in [1.29, 1.82) is 0 Å². The van der Waals surface area contributed by atoms with Crippen LogP contribution in [0.4, 0.5) is 27.4 Å². The molecule has 0 bridgehead atoms. The molecular weight excluding hydrogens is 327 g/mol. The normalized spacial score (nSPS) is 10.8. The summed E-state index contributed by atoms with van der Waals surface area (Å²) in [5, 5.41) is 22.9. The molecule has 0 amide bonds. The zero-order valence-electron chi connectivity index (χ0n) is 12.6. The molecule has 4 aromatic rings. The van der Waals surface area contributed by atoms with Crippen molar-refractivity contribution in [1.82, 2.24) is 20.3 Å². The number of nitrogens with one attached hydrogen (secondary N) is 2. The number of hydrogen-bond acceptors (Lipinski definition) is 8. The van der Waals surface area contributed by atoms with E-state index in [2.05, 4.69) is 35.5 Å². The van der Waals surface area contributed by atoms with Gasteiger partial charge in [0.15, 0.2) is 11.6 Å². The minimum atomic E-state index is -0.338. The SMILES string of the molecule is Oc1ccc(Nc2nc3nonc3nc2Nc2ccc(F)cc2)cc1. The van der Waals surface area contributed by atoms with Crippen LogP contribution < -0.4 is 10.6 Å². The van der Waals surface area contributed by atoms with Crippen LogP contribution in [0.3, 0.4) is 0 Å². The zero-order chi connectivity index (χ0) is 17.2. The molecule has 124 valence electrons. The third-order valence-electron chi connectivity index (χ3n) is 3.35. The quantitative estimate of drug-likeness (QED) is 0.486. The smallest absolute Gasteiger partial charge is 0.245 e. The van der Waals surface area contributed by atoms with Crippen molar-refractivity contribution in [3.05, 3.63) is 54.3 Å². The molecular formula is C16H11FN6O2. The van der Waals surface area contributed by atoms with Crippen molar-refractivity contribution in [3.8, 4) is 5.75 Å². The third kappa shape index (κ3) is 3.15. The van der Waals surface area contributed by atoms with Crippen molar-refractivity contribution < 1.29 is 14.1 Å². The molecule has 0 aliphatic carbocycles. The van der Waals surface area contributed by atoms with E-state index in [9.17, 15) is 9.50 Å². The predicted molar refractivity (Wildman–Crippen MR) is 88.5 cm³/mol. The second-order valence-electron chi connectivity index (χ2n) is 5.14. The Morgan fingerprint density at radius 1 is 0.760 bits per heavy atom. The van der Waals surface area contributed by atoms with Crippen molar-refractivity contribution in [2.45, 2.75) is 0 Å². The van der Waals surface area contributed by atoms with Crippen LogP contribution in [0, 0.1) is 5.82 Å². The first-order valence-corrected chi connectivity index (χ1v) is 7.26. The summed E-state index contributed by atoms with van der Waals surface area (Å²) in [6.07, 6.45) is 0. The summed E-state index contributed by atoms with van der Waals surface area (Å²) in [4.78, 5) is 8.65. The van der Waals surface area contributed by atoms with Gasteiger partial charge in [-0.05, 0) is 58.8 Å². The number of phenols is 1. The van der Waals surface area contributed by atoms with E-state index < -0.39 is 0 Å². The lowest BCUT2D eigenvalue weighted by atomic mass is 10.3. The summed E-state index contributed by atoms with van der Waals surface area (Å²) in [5.41, 5.74) is 1.79. The first-order chi connectivity index (χ1) is 12.2. The molecule has 2 aromatic carbocycles. The van der Waals surface area contributed by atoms with Gasteiger partial charge < -0.3 is 15.7 Å². The largest absolute Gasteiger partial charge is 0.508 e. The van der Waals surface area contributed by atoms with Crippen LogP contribution in [0.15, 0.2) is 53.2 Å². The van der Waals surface area contributed by atoms with E-state index in [0.717, 1.165) is 0 Å². The molecule has 0 spiro atoms. The highest BCUT2D eigenvalue weighted by molar-refractivity contribution is 5.79. The highest BCUT2D eigenvalue weighted by Gasteiger charge is 2.13. The minimum absolute atomic E-state index is 0.150. The fourth-order valence-corrected chi connectivity index (χ4v) is 2.16. The first-order valence-electron chi connectivity index (χ1n) is 7.26. The summed E-state index contributed by atoms with van der Waals surface area (Å²) >= 11 is 0. The summed E-state index contributed by atoms with van der Waals surface area (Å²) in [6.45, 7) is 0. The van der Waals surface area contributed by atoms with E-state index >= 15 is 0 Å². The van der Waals surface area contributed by atoms with Gasteiger partial charge in [0, 0.05) is 11.4 Å². The van der Waals surface area contributed by atoms with Crippen molar-refractivity contribution in [2.75, 3.05) is 10.6 Å². The van der Waals surface area contributed by atoms with Gasteiger partial charge in [0.2, 0.25) is 11.3 Å². The van der Waals surface area contributed by atoms with E-state index in [1.165, 1.54) is 12.1 Å². The summed E-state index contributed by atoms with van der Waals surface area (Å²) in [6, 6.07) is 12.3. The summed E-state index contributed by atoms with van der Waals surface area (Å²) in [7, 11) is 0. The number of nitrogens with zero attached hydrogens (tertiary/aromatic N) is 4. The molecule has 3 N–H and O–H groups in total. The van der Waals surface area contributed by atoms with Gasteiger partial charge in [-0.15, -0.1) is 0 Å². The lowest BCUT2D eigenvalue weighted by molar-refractivity contribution is 0.314. The maximum absolute atomic E-state index is 13.1. The van der Waals surface area contributed by atoms with Crippen molar-refractivity contribution in [2.24, 2.45) is 0 Å². The molecule has 9 heteroatoms. The number of aromatic hydroxyl groups is 1. The van der Waals surface area contributed by atoms with Crippen molar-refractivity contribution >= 4 is 34.3 Å². The summed E-state index contributed by atoms with van der Waals surface area (Å²) < 4.78 is 17.7. The molecule has 0 aliphatic rings. The average Bonchev–Trinajstić information content (AvgIpc) is 3.06. The molecule has 0 aliphatic heterocycles. The number of phenolic OH excluding ortho intramolecular Hbond substituents is 1. The number of rotatable bonds is 4. The molecule has 4 rings (SSSR count). The number of halogens is 1. The van der Waals surface area contributed by atoms with E-state index in [-0.39, 0.29) is 22.9 Å². The molecule has 2 aromatic heterocycles. The topological polar surface area (TPSA) is 109 Å². The Bertz CT molecular complexity index is 936. The molecule has 0 atom stereocenters. The Labute approximate surface area is 140 Å². The van der Waals surface area contributed by atoms with E-state index in [1.54, 1.807) is 36.4 Å². The van der Waals surface area contributed by atoms with Gasteiger partial charge in [0.05, 0.1) is 0 Å². The van der Waals surface area contributed by atoms with Gasteiger partial charge in [-0.25, -0.2) is 19.0 Å². The Balaban J connectivity index is 1.72. The maximum atomic E-state index is 13.1. The van der Waals surface area contributed by atoms with Crippen LogP contribution in [-0.2, 0) is 0 Å². The van der Waals surface area contributed by atoms with Gasteiger partial charge in [0.25, 0.3) is 0 Å². The van der Waals surface area contributed by atoms with Crippen LogP contribution in [0.25, 0.3) is 11.3 Å². The Morgan fingerprint density at radius 2 is 1.24 bits per heavy atom. The number of benzene rings is 2. The van der Waals surface area contributed by atoms with Crippen molar-refractivity contribution in [3.63, 3.8) is 0 Å². The van der Waals surface area contributed by atoms with Crippen LogP contribution in [0.1, 0.15) is 0 Å². The molecule has 25 heavy (non-hydrogen) atoms. The van der Waals surface area contributed by atoms with E-state index in [1.807, 2.05) is 0 Å². The third-order valence-corrected chi connectivity index (χ3v) is 3.35. The lowest BCUT2D eigenvalue weighted by Crippen LogP contribution is -2.03. The number of anilines is 4. The lowest BCUT2D eigenvalue weighted by Gasteiger charge is -2.11. The minimum Gasteiger partial charge on any atom is -0.508 e. The number of aromatic nitrogens is 4. The van der Waals surface area contributed by atoms with Gasteiger partial charge in [-0.1, -0.05) is 0 Å². The highest BCUT2D eigenvalue weighted by Crippen LogP contribution is 2.27. The molecule has 8 nitrogen and oxygen atoms in total. The Kier molecular flexibility index (Phi) is 3.58. The molecule has 0 saturated heterocycles. The molecule has 0 unspecified atom stereocenters. The fourth-order valence-electron chi connectivity index (χ4n) is 2.16. The number of fused-ring (bicyclic) bond motifs is 1. The van der Waals surface area contributed by atoms with Gasteiger partial charge in [0.1, 0.15) is 11.6 Å². The molecule has 0 fully saturated rings. The zero-order valence-corrected chi connectivity index (χ0v) is 12.6. The van der Waals surface area contributed by atoms with Crippen LogP contribution in [0.5, 0.6) is 5.75 Å². The molecule has 0 radical (unpaired) electrons. The fraction of sp³-hybridized carbons (Fsp3) is 0. The summed E-state index contributed by atoms with van der Waals surface area (Å²) in [5.74, 6) is 0.550.